The van der Waals surface area contributed by atoms with E-state index in [1.54, 1.807) is 0 Å². The van der Waals surface area contributed by atoms with Crippen molar-refractivity contribution < 1.29 is 4.79 Å². The molecule has 0 atom stereocenters. The second kappa shape index (κ2) is 22.5. The first-order chi connectivity index (χ1) is 10.6. The van der Waals surface area contributed by atoms with Crippen LogP contribution in [-0.4, -0.2) is 6.03 Å². The molecule has 0 rings (SSSR count). The molecular formula is C19H42N2O. The summed E-state index contributed by atoms with van der Waals surface area (Å²) in [5.41, 5.74) is 8.50. The minimum Gasteiger partial charge on any atom is -0.352 e. The third kappa shape index (κ3) is 31.6. The Labute approximate surface area is 139 Å². The molecule has 0 radical (unpaired) electrons. The maximum atomic E-state index is 9.00. The lowest BCUT2D eigenvalue weighted by Gasteiger charge is -2.03. The molecule has 22 heavy (non-hydrogen) atoms. The molecule has 0 fully saturated rings. The third-order valence-corrected chi connectivity index (χ3v) is 3.96. The predicted molar refractivity (Wildman–Crippen MR) is 99.0 cm³/mol. The maximum Gasteiger partial charge on any atom is 0.309 e. The van der Waals surface area contributed by atoms with Crippen molar-refractivity contribution in [2.45, 2.75) is 117 Å². The van der Waals surface area contributed by atoms with E-state index in [2.05, 4.69) is 25.3 Å². The Hall–Kier alpha value is -0.730. The Morgan fingerprint density at radius 1 is 0.500 bits per heavy atom. The fourth-order valence-corrected chi connectivity index (χ4v) is 2.62. The summed E-state index contributed by atoms with van der Waals surface area (Å²) in [6.07, 6.45) is 23.4. The van der Waals surface area contributed by atoms with Crippen LogP contribution in [0.25, 0.3) is 0 Å². The number of amides is 2. The van der Waals surface area contributed by atoms with Gasteiger partial charge in [-0.1, -0.05) is 117 Å². The molecule has 134 valence electrons. The van der Waals surface area contributed by atoms with E-state index in [1.165, 1.54) is 103 Å². The molecule has 3 nitrogen and oxygen atoms in total. The van der Waals surface area contributed by atoms with Crippen molar-refractivity contribution in [2.24, 2.45) is 11.5 Å². The predicted octanol–water partition coefficient (Wildman–Crippen LogP) is 6.29. The van der Waals surface area contributed by atoms with Crippen LogP contribution in [0.1, 0.15) is 117 Å². The molecule has 0 unspecified atom stereocenters. The van der Waals surface area contributed by atoms with E-state index in [0.717, 1.165) is 0 Å². The molecule has 2 amide bonds. The number of carbonyl (C=O) groups is 1. The average Bonchev–Trinajstić information content (AvgIpc) is 2.47. The van der Waals surface area contributed by atoms with Gasteiger partial charge in [0.15, 0.2) is 0 Å². The van der Waals surface area contributed by atoms with Crippen molar-refractivity contribution in [1.82, 2.24) is 0 Å². The van der Waals surface area contributed by atoms with E-state index < -0.39 is 6.03 Å². The summed E-state index contributed by atoms with van der Waals surface area (Å²) in [4.78, 5) is 9.00. The summed E-state index contributed by atoms with van der Waals surface area (Å²) in [6, 6.07) is -0.833. The molecule has 0 spiro atoms. The van der Waals surface area contributed by atoms with Gasteiger partial charge in [0.05, 0.1) is 0 Å². The van der Waals surface area contributed by atoms with E-state index in [1.807, 2.05) is 0 Å². The number of rotatable bonds is 15. The quantitative estimate of drug-likeness (QED) is 0.342. The van der Waals surface area contributed by atoms with E-state index in [4.69, 9.17) is 4.79 Å². The Bertz CT molecular complexity index is 188. The molecule has 0 aromatic heterocycles. The summed E-state index contributed by atoms with van der Waals surface area (Å²) >= 11 is 0. The summed E-state index contributed by atoms with van der Waals surface area (Å²) in [5, 5.41) is 0. The number of carbonyl (C=O) groups excluding carboxylic acids is 1. The normalized spacial score (nSPS) is 10.1. The van der Waals surface area contributed by atoms with Crippen LogP contribution in [0.2, 0.25) is 0 Å². The minimum absolute atomic E-state index is 0.833. The molecule has 0 saturated heterocycles. The van der Waals surface area contributed by atoms with Gasteiger partial charge in [0.1, 0.15) is 0 Å². The van der Waals surface area contributed by atoms with Gasteiger partial charge in [0.2, 0.25) is 0 Å². The molecular weight excluding hydrogens is 272 g/mol. The average molecular weight is 315 g/mol. The van der Waals surface area contributed by atoms with Crippen molar-refractivity contribution in [3.8, 4) is 0 Å². The molecule has 0 saturated carbocycles. The third-order valence-electron chi connectivity index (χ3n) is 3.96. The molecule has 0 aliphatic heterocycles. The molecule has 4 N–H and O–H groups in total. The lowest BCUT2D eigenvalue weighted by atomic mass is 10.0. The van der Waals surface area contributed by atoms with Crippen LogP contribution in [-0.2, 0) is 0 Å². The smallest absolute Gasteiger partial charge is 0.309 e. The highest BCUT2D eigenvalue weighted by Gasteiger charge is 1.93. The zero-order valence-electron chi connectivity index (χ0n) is 15.4. The summed E-state index contributed by atoms with van der Waals surface area (Å²) in [6.45, 7) is 4.59. The van der Waals surface area contributed by atoms with Crippen LogP contribution in [0, 0.1) is 0 Å². The van der Waals surface area contributed by atoms with Gasteiger partial charge in [-0.3, -0.25) is 0 Å². The summed E-state index contributed by atoms with van der Waals surface area (Å²) < 4.78 is 0. The van der Waals surface area contributed by atoms with Gasteiger partial charge in [0, 0.05) is 0 Å². The Kier molecular flexibility index (Phi) is 24.1. The summed E-state index contributed by atoms with van der Waals surface area (Å²) in [5.74, 6) is 0. The molecule has 0 aromatic carbocycles. The fourth-order valence-electron chi connectivity index (χ4n) is 2.62. The molecule has 0 aromatic rings. The number of primary amides is 2. The second-order valence-electron chi connectivity index (χ2n) is 6.35. The highest BCUT2D eigenvalue weighted by atomic mass is 16.2. The van der Waals surface area contributed by atoms with Gasteiger partial charge in [-0.05, 0) is 0 Å². The number of hydrogen-bond donors (Lipinski definition) is 2. The topological polar surface area (TPSA) is 69.1 Å². The molecule has 0 aliphatic rings. The highest BCUT2D eigenvalue weighted by Crippen LogP contribution is 2.13. The molecule has 3 heteroatoms. The van der Waals surface area contributed by atoms with Gasteiger partial charge in [0.25, 0.3) is 0 Å². The van der Waals surface area contributed by atoms with Crippen molar-refractivity contribution in [2.75, 3.05) is 0 Å². The number of hydrogen-bond acceptors (Lipinski definition) is 1. The summed E-state index contributed by atoms with van der Waals surface area (Å²) in [7, 11) is 0. The van der Waals surface area contributed by atoms with E-state index >= 15 is 0 Å². The van der Waals surface area contributed by atoms with Gasteiger partial charge in [-0.2, -0.15) is 0 Å². The standard InChI is InChI=1S/C18H38.CH4N2O/c1-3-5-7-9-11-13-15-17-18-16-14-12-10-8-6-4-2;2-1(3)4/h3-18H2,1-2H3;(H4,2,3,4). The Morgan fingerprint density at radius 2 is 0.636 bits per heavy atom. The highest BCUT2D eigenvalue weighted by molar-refractivity contribution is 5.69. The van der Waals surface area contributed by atoms with Crippen molar-refractivity contribution in [3.63, 3.8) is 0 Å². The number of nitrogens with two attached hydrogens (primary N) is 2. The van der Waals surface area contributed by atoms with Crippen LogP contribution >= 0.6 is 0 Å². The van der Waals surface area contributed by atoms with Crippen LogP contribution < -0.4 is 11.5 Å². The monoisotopic (exact) mass is 314 g/mol. The van der Waals surface area contributed by atoms with Crippen LogP contribution in [0.5, 0.6) is 0 Å². The SMILES string of the molecule is CCCCCCCCCCCCCCCCCC.NC(N)=O. The molecule has 0 bridgehead atoms. The van der Waals surface area contributed by atoms with Gasteiger partial charge >= 0.3 is 6.03 Å². The minimum atomic E-state index is -0.833. The van der Waals surface area contributed by atoms with E-state index in [9.17, 15) is 0 Å². The Morgan fingerprint density at radius 3 is 0.773 bits per heavy atom. The second-order valence-corrected chi connectivity index (χ2v) is 6.35. The largest absolute Gasteiger partial charge is 0.352 e. The number of urea groups is 1. The zero-order valence-corrected chi connectivity index (χ0v) is 15.4. The van der Waals surface area contributed by atoms with Gasteiger partial charge in [-0.25, -0.2) is 4.79 Å². The van der Waals surface area contributed by atoms with Crippen molar-refractivity contribution in [3.05, 3.63) is 0 Å². The lowest BCUT2D eigenvalue weighted by molar-refractivity contribution is 0.256. The lowest BCUT2D eigenvalue weighted by Crippen LogP contribution is -2.18. The first-order valence-corrected chi connectivity index (χ1v) is 9.70. The van der Waals surface area contributed by atoms with Crippen molar-refractivity contribution >= 4 is 6.03 Å². The van der Waals surface area contributed by atoms with Crippen LogP contribution in [0.4, 0.5) is 4.79 Å². The van der Waals surface area contributed by atoms with Crippen LogP contribution in [0.15, 0.2) is 0 Å². The maximum absolute atomic E-state index is 9.00. The zero-order chi connectivity index (χ0) is 16.9. The number of unbranched alkanes of at least 4 members (excludes halogenated alkanes) is 15. The van der Waals surface area contributed by atoms with Gasteiger partial charge < -0.3 is 11.5 Å². The molecule has 0 heterocycles. The van der Waals surface area contributed by atoms with E-state index in [0.29, 0.717) is 0 Å². The van der Waals surface area contributed by atoms with Crippen molar-refractivity contribution in [1.29, 1.82) is 0 Å². The van der Waals surface area contributed by atoms with Gasteiger partial charge in [-0.15, -0.1) is 0 Å². The molecule has 0 aliphatic carbocycles. The first-order valence-electron chi connectivity index (χ1n) is 9.70. The Balaban J connectivity index is 0. The van der Waals surface area contributed by atoms with Crippen LogP contribution in [0.3, 0.4) is 0 Å². The fraction of sp³-hybridized carbons (Fsp3) is 0.947. The van der Waals surface area contributed by atoms with E-state index in [-0.39, 0.29) is 0 Å². The first kappa shape index (κ1) is 23.5.